The first kappa shape index (κ1) is 24.2. The Bertz CT molecular complexity index is 1120. The lowest BCUT2D eigenvalue weighted by atomic mass is 9.77. The number of carbonyl (C=O) groups is 1. The van der Waals surface area contributed by atoms with Gasteiger partial charge in [0.2, 0.25) is 0 Å². The van der Waals surface area contributed by atoms with Crippen LogP contribution in [0.15, 0.2) is 110 Å². The molecule has 4 nitrogen and oxygen atoms in total. The number of nitrogens with zero attached hydrogens (tertiary/aromatic N) is 2. The zero-order valence-electron chi connectivity index (χ0n) is 20.0. The molecule has 4 heteroatoms. The number of aromatic nitrogens is 2. The third-order valence-electron chi connectivity index (χ3n) is 6.36. The molecule has 0 unspecified atom stereocenters. The average molecular weight is 465 g/mol. The van der Waals surface area contributed by atoms with E-state index in [4.69, 9.17) is 10.1 Å². The number of allylic oxidation sites excluding steroid dienone is 1. The molecule has 4 rings (SSSR count). The Morgan fingerprint density at radius 2 is 1.29 bits per heavy atom. The zero-order valence-corrected chi connectivity index (χ0v) is 20.0. The smallest absolute Gasteiger partial charge is 0.303 e. The Labute approximate surface area is 207 Å². The normalized spacial score (nSPS) is 11.7. The number of unbranched alkanes of at least 4 members (excludes halogenated alkanes) is 4. The van der Waals surface area contributed by atoms with Crippen LogP contribution >= 0.6 is 0 Å². The fourth-order valence-electron chi connectivity index (χ4n) is 4.69. The van der Waals surface area contributed by atoms with Crippen LogP contribution in [0.1, 0.15) is 60.9 Å². The Morgan fingerprint density at radius 1 is 0.771 bits per heavy atom. The van der Waals surface area contributed by atoms with E-state index in [9.17, 15) is 4.79 Å². The Hall–Kier alpha value is -3.92. The van der Waals surface area contributed by atoms with E-state index in [2.05, 4.69) is 95.7 Å². The number of carboxylic acids is 1. The highest BCUT2D eigenvalue weighted by Crippen LogP contribution is 2.40. The van der Waals surface area contributed by atoms with Crippen molar-refractivity contribution in [3.63, 3.8) is 0 Å². The van der Waals surface area contributed by atoms with E-state index < -0.39 is 11.5 Å². The van der Waals surface area contributed by atoms with Crippen LogP contribution in [0.25, 0.3) is 6.08 Å². The van der Waals surface area contributed by atoms with Crippen LogP contribution in [0.2, 0.25) is 0 Å². The molecule has 0 radical (unpaired) electrons. The molecule has 0 saturated carbocycles. The molecule has 0 saturated heterocycles. The lowest BCUT2D eigenvalue weighted by Crippen LogP contribution is -2.36. The third kappa shape index (κ3) is 5.78. The van der Waals surface area contributed by atoms with E-state index >= 15 is 0 Å². The number of benzene rings is 3. The number of rotatable bonds is 12. The van der Waals surface area contributed by atoms with E-state index in [0.717, 1.165) is 37.8 Å². The summed E-state index contributed by atoms with van der Waals surface area (Å²) in [6.45, 7) is 0. The summed E-state index contributed by atoms with van der Waals surface area (Å²) in [6.07, 6.45) is 13.3. The summed E-state index contributed by atoms with van der Waals surface area (Å²) >= 11 is 0. The number of imidazole rings is 1. The molecule has 0 aliphatic carbocycles. The molecule has 0 fully saturated rings. The first-order valence-electron chi connectivity index (χ1n) is 12.3. The van der Waals surface area contributed by atoms with Gasteiger partial charge in [0.25, 0.3) is 0 Å². The van der Waals surface area contributed by atoms with E-state index in [1.807, 2.05) is 24.5 Å². The molecule has 0 spiro atoms. The van der Waals surface area contributed by atoms with Gasteiger partial charge in [0.15, 0.2) is 0 Å². The van der Waals surface area contributed by atoms with Crippen molar-refractivity contribution < 1.29 is 9.90 Å². The second kappa shape index (κ2) is 12.0. The molecule has 0 atom stereocenters. The van der Waals surface area contributed by atoms with Crippen LogP contribution in [0.4, 0.5) is 0 Å². The third-order valence-corrected chi connectivity index (χ3v) is 6.36. The van der Waals surface area contributed by atoms with Crippen LogP contribution in [0.3, 0.4) is 0 Å². The van der Waals surface area contributed by atoms with Crippen LogP contribution < -0.4 is 0 Å². The van der Waals surface area contributed by atoms with Crippen molar-refractivity contribution in [1.29, 1.82) is 0 Å². The summed E-state index contributed by atoms with van der Waals surface area (Å²) in [4.78, 5) is 15.4. The molecule has 0 aliphatic heterocycles. The van der Waals surface area contributed by atoms with E-state index in [1.165, 1.54) is 16.7 Å². The Kier molecular flexibility index (Phi) is 8.29. The fraction of sp³-hybridized carbons (Fsp3) is 0.226. The monoisotopic (exact) mass is 464 g/mol. The lowest BCUT2D eigenvalue weighted by Gasteiger charge is -2.37. The van der Waals surface area contributed by atoms with Gasteiger partial charge in [-0.05, 0) is 42.0 Å². The van der Waals surface area contributed by atoms with Gasteiger partial charge >= 0.3 is 5.97 Å². The number of carboxylic acid groups (broad SMARTS) is 1. The van der Waals surface area contributed by atoms with Crippen molar-refractivity contribution in [1.82, 2.24) is 9.55 Å². The van der Waals surface area contributed by atoms with E-state index in [-0.39, 0.29) is 6.42 Å². The molecule has 178 valence electrons. The molecule has 1 N–H and O–H groups in total. The van der Waals surface area contributed by atoms with Gasteiger partial charge in [-0.25, -0.2) is 4.98 Å². The maximum atomic E-state index is 10.6. The van der Waals surface area contributed by atoms with Crippen molar-refractivity contribution in [3.8, 4) is 0 Å². The zero-order chi connectivity index (χ0) is 24.3. The topological polar surface area (TPSA) is 55.1 Å². The number of hydrogen-bond donors (Lipinski definition) is 1. The summed E-state index contributed by atoms with van der Waals surface area (Å²) < 4.78 is 2.22. The molecule has 1 heterocycles. The van der Waals surface area contributed by atoms with Gasteiger partial charge in [-0.15, -0.1) is 0 Å². The van der Waals surface area contributed by atoms with Crippen molar-refractivity contribution >= 4 is 12.0 Å². The molecular formula is C31H32N2O2. The predicted molar refractivity (Wildman–Crippen MR) is 141 cm³/mol. The van der Waals surface area contributed by atoms with Gasteiger partial charge in [0, 0.05) is 12.6 Å². The van der Waals surface area contributed by atoms with Gasteiger partial charge < -0.3 is 9.67 Å². The fourth-order valence-corrected chi connectivity index (χ4v) is 4.69. The highest BCUT2D eigenvalue weighted by Gasteiger charge is 2.38. The average Bonchev–Trinajstić information content (AvgIpc) is 3.37. The lowest BCUT2D eigenvalue weighted by molar-refractivity contribution is -0.137. The van der Waals surface area contributed by atoms with E-state index in [1.54, 1.807) is 0 Å². The molecule has 35 heavy (non-hydrogen) atoms. The molecule has 3 aromatic carbocycles. The summed E-state index contributed by atoms with van der Waals surface area (Å²) in [6, 6.07) is 31.8. The van der Waals surface area contributed by atoms with Crippen molar-refractivity contribution in [2.75, 3.05) is 0 Å². The van der Waals surface area contributed by atoms with E-state index in [0.29, 0.717) is 0 Å². The minimum Gasteiger partial charge on any atom is -0.481 e. The SMILES string of the molecule is O=C(O)CCCCCC/C=C/c1cn(C(c2ccccc2)(c2ccccc2)c2ccccc2)cn1. The largest absolute Gasteiger partial charge is 0.481 e. The van der Waals surface area contributed by atoms with Crippen LogP contribution in [0, 0.1) is 0 Å². The molecule has 1 aromatic heterocycles. The number of aliphatic carboxylic acids is 1. The molecule has 0 amide bonds. The highest BCUT2D eigenvalue weighted by molar-refractivity contribution is 5.66. The second-order valence-corrected chi connectivity index (χ2v) is 8.76. The maximum absolute atomic E-state index is 10.6. The summed E-state index contributed by atoms with van der Waals surface area (Å²) in [5.74, 6) is -0.710. The highest BCUT2D eigenvalue weighted by atomic mass is 16.4. The first-order valence-corrected chi connectivity index (χ1v) is 12.3. The second-order valence-electron chi connectivity index (χ2n) is 8.76. The molecule has 0 aliphatic rings. The van der Waals surface area contributed by atoms with Gasteiger partial charge in [-0.1, -0.05) is 110 Å². The summed E-state index contributed by atoms with van der Waals surface area (Å²) in [5, 5.41) is 8.74. The van der Waals surface area contributed by atoms with Gasteiger partial charge in [0.1, 0.15) is 5.54 Å². The van der Waals surface area contributed by atoms with Gasteiger partial charge in [-0.2, -0.15) is 0 Å². The molecule has 4 aromatic rings. The predicted octanol–water partition coefficient (Wildman–Crippen LogP) is 7.16. The standard InChI is InChI=1S/C31H32N2O2/c34-30(35)23-15-4-2-1-3-14-22-29-24-33(25-32-29)31(26-16-8-5-9-17-26,27-18-10-6-11-19-27)28-20-12-7-13-21-28/h5-14,16-22,24-25H,1-4,15,23H2,(H,34,35)/b22-14+. The summed E-state index contributed by atoms with van der Waals surface area (Å²) in [7, 11) is 0. The van der Waals surface area contributed by atoms with Crippen LogP contribution in [-0.4, -0.2) is 20.6 Å². The first-order chi connectivity index (χ1) is 17.2. The van der Waals surface area contributed by atoms with Crippen molar-refractivity contribution in [2.24, 2.45) is 0 Å². The van der Waals surface area contributed by atoms with Gasteiger partial charge in [0.05, 0.1) is 12.0 Å². The molecular weight excluding hydrogens is 432 g/mol. The minimum atomic E-state index is -0.710. The quantitative estimate of drug-likeness (QED) is 0.179. The molecule has 0 bridgehead atoms. The van der Waals surface area contributed by atoms with Crippen LogP contribution in [0.5, 0.6) is 0 Å². The Balaban J connectivity index is 1.62. The van der Waals surface area contributed by atoms with Crippen LogP contribution in [-0.2, 0) is 10.3 Å². The maximum Gasteiger partial charge on any atom is 0.303 e. The minimum absolute atomic E-state index is 0.263. The van der Waals surface area contributed by atoms with Crippen molar-refractivity contribution in [2.45, 2.75) is 44.1 Å². The van der Waals surface area contributed by atoms with Crippen molar-refractivity contribution in [3.05, 3.63) is 132 Å². The van der Waals surface area contributed by atoms with Gasteiger partial charge in [-0.3, -0.25) is 4.79 Å². The Morgan fingerprint density at radius 3 is 1.80 bits per heavy atom. The summed E-state index contributed by atoms with van der Waals surface area (Å²) in [5.41, 5.74) is 3.89. The number of hydrogen-bond acceptors (Lipinski definition) is 2.